The van der Waals surface area contributed by atoms with E-state index in [2.05, 4.69) is 21.8 Å². The summed E-state index contributed by atoms with van der Waals surface area (Å²) < 4.78 is 0. The van der Waals surface area contributed by atoms with E-state index in [0.717, 1.165) is 0 Å². The predicted octanol–water partition coefficient (Wildman–Crippen LogP) is 2.17. The largest absolute Gasteiger partial charge is 0.399 e. The number of aromatic nitrogens is 1. The Kier molecular flexibility index (Phi) is 3.02. The van der Waals surface area contributed by atoms with Gasteiger partial charge in [-0.2, -0.15) is 0 Å². The smallest absolute Gasteiger partial charge is 0.325 e. The van der Waals surface area contributed by atoms with Crippen LogP contribution in [0.2, 0.25) is 0 Å². The summed E-state index contributed by atoms with van der Waals surface area (Å²) in [6.07, 6.45) is 2.61. The first-order valence-corrected chi connectivity index (χ1v) is 5.37. The number of rotatable bonds is 2. The summed E-state index contributed by atoms with van der Waals surface area (Å²) in [5.74, 6) is 0. The van der Waals surface area contributed by atoms with Crippen LogP contribution < -0.4 is 16.4 Å². The zero-order valence-corrected chi connectivity index (χ0v) is 9.04. The molecule has 0 atom stereocenters. The van der Waals surface area contributed by atoms with Crippen molar-refractivity contribution in [3.63, 3.8) is 0 Å². The third-order valence-corrected chi connectivity index (χ3v) is 2.39. The van der Waals surface area contributed by atoms with Gasteiger partial charge in [0.25, 0.3) is 0 Å². The van der Waals surface area contributed by atoms with Crippen molar-refractivity contribution in [2.45, 2.75) is 0 Å². The number of nitrogens with zero attached hydrogens (tertiary/aromatic N) is 1. The van der Waals surface area contributed by atoms with E-state index in [4.69, 9.17) is 5.73 Å². The molecule has 1 heterocycles. The molecule has 0 aliphatic carbocycles. The Balaban J connectivity index is 1.97. The minimum absolute atomic E-state index is 0.353. The van der Waals surface area contributed by atoms with Gasteiger partial charge in [-0.3, -0.25) is 5.32 Å². The molecule has 2 aromatic rings. The number of amides is 2. The fourth-order valence-corrected chi connectivity index (χ4v) is 1.60. The number of anilines is 3. The summed E-state index contributed by atoms with van der Waals surface area (Å²) in [5, 5.41) is 7.38. The average Bonchev–Trinajstić information content (AvgIpc) is 2.70. The van der Waals surface area contributed by atoms with E-state index in [1.165, 1.54) is 11.3 Å². The lowest BCUT2D eigenvalue weighted by molar-refractivity contribution is 0.262. The van der Waals surface area contributed by atoms with Gasteiger partial charge in [-0.15, -0.1) is 11.3 Å². The second-order valence-corrected chi connectivity index (χ2v) is 3.84. The number of urea groups is 1. The Morgan fingerprint density at radius 3 is 3.00 bits per heavy atom. The molecule has 1 radical (unpaired) electrons. The van der Waals surface area contributed by atoms with Gasteiger partial charge in [0.1, 0.15) is 6.20 Å². The summed E-state index contributed by atoms with van der Waals surface area (Å²) in [6.45, 7) is 0. The van der Waals surface area contributed by atoms with E-state index < -0.39 is 0 Å². The topological polar surface area (TPSA) is 80.0 Å². The van der Waals surface area contributed by atoms with E-state index >= 15 is 0 Å². The molecule has 0 saturated carbocycles. The standard InChI is InChI=1S/C10H9N4OS/c11-7-2-1-3-8(6-7)13-9(15)14-10-12-4-5-16-10/h1-3,5-6H,11H2,(H2,12,13,14,15). The SMILES string of the molecule is Nc1cccc(NC(=O)Nc2n[c]cs2)c1. The molecule has 0 bridgehead atoms. The molecule has 16 heavy (non-hydrogen) atoms. The van der Waals surface area contributed by atoms with Gasteiger partial charge in [0, 0.05) is 16.8 Å². The Hall–Kier alpha value is -2.08. The number of carbonyl (C=O) groups excluding carboxylic acids is 1. The van der Waals surface area contributed by atoms with Crippen LogP contribution in [0.15, 0.2) is 29.6 Å². The quantitative estimate of drug-likeness (QED) is 0.695. The van der Waals surface area contributed by atoms with Crippen molar-refractivity contribution in [2.24, 2.45) is 0 Å². The molecule has 4 N–H and O–H groups in total. The Morgan fingerprint density at radius 1 is 1.44 bits per heavy atom. The van der Waals surface area contributed by atoms with Crippen LogP contribution in [0.5, 0.6) is 0 Å². The number of nitrogen functional groups attached to an aromatic ring is 1. The summed E-state index contributed by atoms with van der Waals surface area (Å²) >= 11 is 1.30. The molecule has 0 spiro atoms. The van der Waals surface area contributed by atoms with Gasteiger partial charge in [-0.1, -0.05) is 6.07 Å². The molecular formula is C10H9N4OS. The maximum absolute atomic E-state index is 11.5. The van der Waals surface area contributed by atoms with Crippen molar-refractivity contribution >= 4 is 33.9 Å². The van der Waals surface area contributed by atoms with Crippen molar-refractivity contribution < 1.29 is 4.79 Å². The van der Waals surface area contributed by atoms with Crippen molar-refractivity contribution in [3.05, 3.63) is 35.8 Å². The molecule has 2 amide bonds. The number of nitrogens with two attached hydrogens (primary N) is 1. The number of benzene rings is 1. The molecule has 2 rings (SSSR count). The van der Waals surface area contributed by atoms with Crippen molar-refractivity contribution in [2.75, 3.05) is 16.4 Å². The first-order valence-electron chi connectivity index (χ1n) is 4.49. The number of thiazole rings is 1. The summed E-state index contributed by atoms with van der Waals surface area (Å²) in [6, 6.07) is 6.59. The Bertz CT molecular complexity index is 483. The number of hydrogen-bond donors (Lipinski definition) is 3. The highest BCUT2D eigenvalue weighted by Gasteiger charge is 2.03. The van der Waals surface area contributed by atoms with Crippen molar-refractivity contribution in [1.82, 2.24) is 4.98 Å². The van der Waals surface area contributed by atoms with Crippen molar-refractivity contribution in [3.8, 4) is 0 Å². The normalized spacial score (nSPS) is 9.75. The maximum Gasteiger partial charge on any atom is 0.325 e. The highest BCUT2D eigenvalue weighted by molar-refractivity contribution is 7.13. The van der Waals surface area contributed by atoms with E-state index in [-0.39, 0.29) is 6.03 Å². The summed E-state index contributed by atoms with van der Waals surface area (Å²) in [5.41, 5.74) is 6.82. The minimum atomic E-state index is -0.353. The molecule has 6 heteroatoms. The Morgan fingerprint density at radius 2 is 2.31 bits per heavy atom. The van der Waals surface area contributed by atoms with Crippen molar-refractivity contribution in [1.29, 1.82) is 0 Å². The monoisotopic (exact) mass is 233 g/mol. The number of carbonyl (C=O) groups is 1. The van der Waals surface area contributed by atoms with Gasteiger partial charge in [-0.25, -0.2) is 9.78 Å². The fourth-order valence-electron chi connectivity index (χ4n) is 1.13. The second-order valence-electron chi connectivity index (χ2n) is 2.99. The van der Waals surface area contributed by atoms with Crippen LogP contribution in [0, 0.1) is 6.20 Å². The zero-order chi connectivity index (χ0) is 11.4. The molecule has 0 aliphatic heterocycles. The molecule has 0 unspecified atom stereocenters. The maximum atomic E-state index is 11.5. The number of hydrogen-bond acceptors (Lipinski definition) is 4. The molecule has 0 fully saturated rings. The van der Waals surface area contributed by atoms with Crippen LogP contribution in [-0.4, -0.2) is 11.0 Å². The highest BCUT2D eigenvalue weighted by atomic mass is 32.1. The molecule has 81 valence electrons. The van der Waals surface area contributed by atoms with Crippen LogP contribution >= 0.6 is 11.3 Å². The zero-order valence-electron chi connectivity index (χ0n) is 8.23. The van der Waals surface area contributed by atoms with Crippen LogP contribution in [0.25, 0.3) is 0 Å². The van der Waals surface area contributed by atoms with Gasteiger partial charge >= 0.3 is 6.03 Å². The summed E-state index contributed by atoms with van der Waals surface area (Å²) in [4.78, 5) is 15.3. The molecule has 0 aliphatic rings. The third-order valence-electron chi connectivity index (χ3n) is 1.75. The van der Waals surface area contributed by atoms with Gasteiger partial charge in [0.05, 0.1) is 0 Å². The molecule has 0 saturated heterocycles. The Labute approximate surface area is 96.3 Å². The summed E-state index contributed by atoms with van der Waals surface area (Å²) in [7, 11) is 0. The highest BCUT2D eigenvalue weighted by Crippen LogP contribution is 2.13. The van der Waals surface area contributed by atoms with E-state index in [0.29, 0.717) is 16.5 Å². The van der Waals surface area contributed by atoms with Crippen LogP contribution in [0.3, 0.4) is 0 Å². The van der Waals surface area contributed by atoms with Crippen LogP contribution in [-0.2, 0) is 0 Å². The molecular weight excluding hydrogens is 224 g/mol. The van der Waals surface area contributed by atoms with Gasteiger partial charge in [0.15, 0.2) is 5.13 Å². The van der Waals surface area contributed by atoms with E-state index in [1.807, 2.05) is 0 Å². The van der Waals surface area contributed by atoms with Crippen LogP contribution in [0.1, 0.15) is 0 Å². The number of nitrogens with one attached hydrogen (secondary N) is 2. The predicted molar refractivity (Wildman–Crippen MR) is 64.4 cm³/mol. The lowest BCUT2D eigenvalue weighted by Gasteiger charge is -2.05. The van der Waals surface area contributed by atoms with Crippen LogP contribution in [0.4, 0.5) is 21.3 Å². The van der Waals surface area contributed by atoms with E-state index in [9.17, 15) is 4.79 Å². The van der Waals surface area contributed by atoms with Gasteiger partial charge < -0.3 is 11.1 Å². The minimum Gasteiger partial charge on any atom is -0.399 e. The first kappa shape index (κ1) is 10.4. The molecule has 5 nitrogen and oxygen atoms in total. The fraction of sp³-hybridized carbons (Fsp3) is 0. The first-order chi connectivity index (χ1) is 7.74. The lowest BCUT2D eigenvalue weighted by Crippen LogP contribution is -2.19. The third kappa shape index (κ3) is 2.71. The van der Waals surface area contributed by atoms with Gasteiger partial charge in [0.2, 0.25) is 0 Å². The molecule has 1 aromatic heterocycles. The molecule has 1 aromatic carbocycles. The average molecular weight is 233 g/mol. The lowest BCUT2D eigenvalue weighted by atomic mass is 10.3. The van der Waals surface area contributed by atoms with Gasteiger partial charge in [-0.05, 0) is 18.2 Å². The second kappa shape index (κ2) is 4.63. The van der Waals surface area contributed by atoms with E-state index in [1.54, 1.807) is 29.6 Å².